The second kappa shape index (κ2) is 6.60. The van der Waals surface area contributed by atoms with Gasteiger partial charge in [0, 0.05) is 22.8 Å². The van der Waals surface area contributed by atoms with Gasteiger partial charge in [0.15, 0.2) is 0 Å². The predicted octanol–water partition coefficient (Wildman–Crippen LogP) is 3.07. The van der Waals surface area contributed by atoms with Gasteiger partial charge in [0.05, 0.1) is 13.2 Å². The van der Waals surface area contributed by atoms with Crippen LogP contribution in [-0.4, -0.2) is 18.8 Å². The van der Waals surface area contributed by atoms with Crippen LogP contribution in [0.3, 0.4) is 0 Å². The highest BCUT2D eigenvalue weighted by Gasteiger charge is 2.14. The van der Waals surface area contributed by atoms with Crippen molar-refractivity contribution in [2.45, 2.75) is 31.9 Å². The first-order chi connectivity index (χ1) is 10.3. The van der Waals surface area contributed by atoms with Crippen LogP contribution in [0, 0.1) is 0 Å². The third-order valence-corrected chi connectivity index (χ3v) is 5.17. The lowest BCUT2D eigenvalue weighted by Gasteiger charge is -2.12. The van der Waals surface area contributed by atoms with E-state index in [0.29, 0.717) is 6.54 Å². The average molecular weight is 303 g/mol. The third kappa shape index (κ3) is 3.46. The number of nitrogens with one attached hydrogen (secondary N) is 1. The minimum Gasteiger partial charge on any atom is -0.497 e. The number of benzene rings is 1. The number of rotatable bonds is 6. The number of aryl methyl sites for hydroxylation is 2. The summed E-state index contributed by atoms with van der Waals surface area (Å²) < 4.78 is 5.12. The molecule has 1 aromatic heterocycles. The van der Waals surface area contributed by atoms with Crippen molar-refractivity contribution in [2.75, 3.05) is 13.7 Å². The molecule has 1 atom stereocenters. The van der Waals surface area contributed by atoms with Gasteiger partial charge in [0.25, 0.3) is 0 Å². The number of aliphatic hydroxyl groups is 1. The van der Waals surface area contributed by atoms with E-state index >= 15 is 0 Å². The molecule has 1 heterocycles. The maximum absolute atomic E-state index is 10.2. The molecule has 3 rings (SSSR count). The van der Waals surface area contributed by atoms with Crippen molar-refractivity contribution in [1.82, 2.24) is 5.32 Å². The number of thiophene rings is 1. The highest BCUT2D eigenvalue weighted by molar-refractivity contribution is 7.12. The van der Waals surface area contributed by atoms with Gasteiger partial charge in [-0.25, -0.2) is 0 Å². The molecule has 2 aromatic rings. The maximum atomic E-state index is 10.2. The maximum Gasteiger partial charge on any atom is 0.118 e. The van der Waals surface area contributed by atoms with Crippen molar-refractivity contribution in [1.29, 1.82) is 0 Å². The van der Waals surface area contributed by atoms with Crippen LogP contribution in [0.2, 0.25) is 0 Å². The SMILES string of the molecule is COc1ccc(C(O)CNCc2cc3c(s2)CCC3)cc1. The second-order valence-electron chi connectivity index (χ2n) is 5.43. The molecule has 21 heavy (non-hydrogen) atoms. The Morgan fingerprint density at radius 1 is 1.29 bits per heavy atom. The molecule has 3 nitrogen and oxygen atoms in total. The molecular weight excluding hydrogens is 282 g/mol. The molecule has 0 fully saturated rings. The normalized spacial score (nSPS) is 15.0. The molecule has 0 radical (unpaired) electrons. The van der Waals surface area contributed by atoms with Gasteiger partial charge in [-0.2, -0.15) is 0 Å². The van der Waals surface area contributed by atoms with Crippen molar-refractivity contribution < 1.29 is 9.84 Å². The van der Waals surface area contributed by atoms with Crippen LogP contribution in [0.15, 0.2) is 30.3 Å². The van der Waals surface area contributed by atoms with Gasteiger partial charge in [-0.1, -0.05) is 12.1 Å². The highest BCUT2D eigenvalue weighted by Crippen LogP contribution is 2.30. The molecule has 112 valence electrons. The van der Waals surface area contributed by atoms with Gasteiger partial charge in [0.2, 0.25) is 0 Å². The Balaban J connectivity index is 1.49. The van der Waals surface area contributed by atoms with E-state index in [1.807, 2.05) is 35.6 Å². The zero-order chi connectivity index (χ0) is 14.7. The van der Waals surface area contributed by atoms with Crippen LogP contribution in [0.1, 0.15) is 33.4 Å². The first-order valence-electron chi connectivity index (χ1n) is 7.39. The fourth-order valence-electron chi connectivity index (χ4n) is 2.75. The predicted molar refractivity (Wildman–Crippen MR) is 86.0 cm³/mol. The molecule has 1 aromatic carbocycles. The minimum absolute atomic E-state index is 0.484. The molecule has 1 aliphatic rings. The van der Waals surface area contributed by atoms with Crippen LogP contribution >= 0.6 is 11.3 Å². The monoisotopic (exact) mass is 303 g/mol. The zero-order valence-electron chi connectivity index (χ0n) is 12.3. The van der Waals surface area contributed by atoms with Gasteiger partial charge >= 0.3 is 0 Å². The summed E-state index contributed by atoms with van der Waals surface area (Å²) in [6.07, 6.45) is 3.31. The Labute approximate surface area is 129 Å². The van der Waals surface area contributed by atoms with Crippen molar-refractivity contribution in [3.8, 4) is 5.75 Å². The Morgan fingerprint density at radius 2 is 2.10 bits per heavy atom. The Bertz CT molecular complexity index is 570. The third-order valence-electron chi connectivity index (χ3n) is 3.94. The first-order valence-corrected chi connectivity index (χ1v) is 8.21. The molecular formula is C17H21NO2S. The van der Waals surface area contributed by atoms with Crippen LogP contribution in [0.5, 0.6) is 5.75 Å². The number of methoxy groups -OCH3 is 1. The Morgan fingerprint density at radius 3 is 2.81 bits per heavy atom. The van der Waals surface area contributed by atoms with Crippen LogP contribution in [-0.2, 0) is 19.4 Å². The Kier molecular flexibility index (Phi) is 4.58. The van der Waals surface area contributed by atoms with E-state index in [-0.39, 0.29) is 0 Å². The van der Waals surface area contributed by atoms with Crippen LogP contribution < -0.4 is 10.1 Å². The number of aliphatic hydroxyl groups excluding tert-OH is 1. The lowest BCUT2D eigenvalue weighted by Crippen LogP contribution is -2.20. The number of ether oxygens (including phenoxy) is 1. The van der Waals surface area contributed by atoms with Gasteiger partial charge < -0.3 is 15.2 Å². The molecule has 0 spiro atoms. The summed E-state index contributed by atoms with van der Waals surface area (Å²) in [7, 11) is 1.64. The molecule has 1 aliphatic carbocycles. The van der Waals surface area contributed by atoms with Gasteiger partial charge in [-0.15, -0.1) is 11.3 Å². The smallest absolute Gasteiger partial charge is 0.118 e. The van der Waals surface area contributed by atoms with E-state index in [1.165, 1.54) is 29.7 Å². The summed E-state index contributed by atoms with van der Waals surface area (Å²) in [5, 5.41) is 13.5. The van der Waals surface area contributed by atoms with E-state index < -0.39 is 6.10 Å². The topological polar surface area (TPSA) is 41.5 Å². The van der Waals surface area contributed by atoms with Gasteiger partial charge in [-0.05, 0) is 48.6 Å². The zero-order valence-corrected chi connectivity index (χ0v) is 13.1. The molecule has 1 unspecified atom stereocenters. The fraction of sp³-hybridized carbons (Fsp3) is 0.412. The molecule has 0 saturated heterocycles. The van der Waals surface area contributed by atoms with Gasteiger partial charge in [0.1, 0.15) is 5.75 Å². The molecule has 2 N–H and O–H groups in total. The van der Waals surface area contributed by atoms with E-state index in [9.17, 15) is 5.11 Å². The second-order valence-corrected chi connectivity index (χ2v) is 6.66. The summed E-state index contributed by atoms with van der Waals surface area (Å²) in [4.78, 5) is 2.93. The molecule has 0 bridgehead atoms. The van der Waals surface area contributed by atoms with Crippen LogP contribution in [0.25, 0.3) is 0 Å². The lowest BCUT2D eigenvalue weighted by molar-refractivity contribution is 0.174. The van der Waals surface area contributed by atoms with Crippen molar-refractivity contribution >= 4 is 11.3 Å². The van der Waals surface area contributed by atoms with Gasteiger partial charge in [-0.3, -0.25) is 0 Å². The molecule has 0 aliphatic heterocycles. The van der Waals surface area contributed by atoms with Crippen molar-refractivity contribution in [3.63, 3.8) is 0 Å². The summed E-state index contributed by atoms with van der Waals surface area (Å²) in [6.45, 7) is 1.40. The number of hydrogen-bond acceptors (Lipinski definition) is 4. The largest absolute Gasteiger partial charge is 0.497 e. The summed E-state index contributed by atoms with van der Waals surface area (Å²) in [5.74, 6) is 0.812. The van der Waals surface area contributed by atoms with E-state index in [2.05, 4.69) is 11.4 Å². The number of fused-ring (bicyclic) bond motifs is 1. The van der Waals surface area contributed by atoms with E-state index in [4.69, 9.17) is 4.74 Å². The van der Waals surface area contributed by atoms with E-state index in [1.54, 1.807) is 12.0 Å². The summed E-state index contributed by atoms with van der Waals surface area (Å²) in [5.41, 5.74) is 2.45. The lowest BCUT2D eigenvalue weighted by atomic mass is 10.1. The Hall–Kier alpha value is -1.36. The average Bonchev–Trinajstić information content (AvgIpc) is 3.08. The van der Waals surface area contributed by atoms with Crippen molar-refractivity contribution in [3.05, 3.63) is 51.2 Å². The van der Waals surface area contributed by atoms with E-state index in [0.717, 1.165) is 17.9 Å². The standard InChI is InChI=1S/C17H21NO2S/c1-20-14-7-5-12(6-8-14)16(19)11-18-10-15-9-13-3-2-4-17(13)21-15/h5-9,16,18-19H,2-4,10-11H2,1H3. The number of hydrogen-bond donors (Lipinski definition) is 2. The fourth-order valence-corrected chi connectivity index (χ4v) is 3.98. The summed E-state index contributed by atoms with van der Waals surface area (Å²) >= 11 is 1.91. The quantitative estimate of drug-likeness (QED) is 0.862. The van der Waals surface area contributed by atoms with Crippen molar-refractivity contribution in [2.24, 2.45) is 0 Å². The molecule has 0 saturated carbocycles. The highest BCUT2D eigenvalue weighted by atomic mass is 32.1. The van der Waals surface area contributed by atoms with Crippen LogP contribution in [0.4, 0.5) is 0 Å². The molecule has 4 heteroatoms. The molecule has 0 amide bonds. The minimum atomic E-state index is -0.484. The first kappa shape index (κ1) is 14.6. The summed E-state index contributed by atoms with van der Waals surface area (Å²) in [6, 6.07) is 9.89.